The number of nitrogens with zero attached hydrogens (tertiary/aromatic N) is 1. The van der Waals surface area contributed by atoms with Crippen molar-refractivity contribution in [2.45, 2.75) is 136 Å². The van der Waals surface area contributed by atoms with Crippen LogP contribution in [0.5, 0.6) is 0 Å². The second kappa shape index (κ2) is 12.9. The van der Waals surface area contributed by atoms with Crippen LogP contribution in [0.25, 0.3) is 0 Å². The summed E-state index contributed by atoms with van der Waals surface area (Å²) in [4.78, 5) is 0. The van der Waals surface area contributed by atoms with Gasteiger partial charge in [0.1, 0.15) is 0 Å². The molecule has 0 amide bonds. The maximum absolute atomic E-state index is 9.85. The van der Waals surface area contributed by atoms with Crippen molar-refractivity contribution >= 4 is 0 Å². The Bertz CT molecular complexity index is 404. The maximum Gasteiger partial charge on any atom is 0.0689 e. The third-order valence-electron chi connectivity index (χ3n) is 8.01. The molecule has 0 aromatic carbocycles. The number of hydrogen-bond acceptors (Lipinski definition) is 1. The van der Waals surface area contributed by atoms with Gasteiger partial charge >= 0.3 is 0 Å². The molecule has 0 N–H and O–H groups in total. The molecule has 0 aliphatic heterocycles. The predicted octanol–water partition coefficient (Wildman–Crippen LogP) is 8.82. The van der Waals surface area contributed by atoms with Crippen molar-refractivity contribution in [3.8, 4) is 6.07 Å². The van der Waals surface area contributed by atoms with Gasteiger partial charge in [0.05, 0.1) is 11.5 Å². The Kier molecular flexibility index (Phi) is 10.8. The van der Waals surface area contributed by atoms with E-state index in [-0.39, 0.29) is 5.41 Å². The van der Waals surface area contributed by atoms with Crippen molar-refractivity contribution in [1.29, 1.82) is 5.26 Å². The van der Waals surface area contributed by atoms with Crippen LogP contribution in [0.1, 0.15) is 136 Å². The van der Waals surface area contributed by atoms with E-state index in [0.29, 0.717) is 0 Å². The molecule has 0 heterocycles. The summed E-state index contributed by atoms with van der Waals surface area (Å²) in [5.74, 6) is 2.95. The highest BCUT2D eigenvalue weighted by molar-refractivity contribution is 5.02. The number of hydrogen-bond donors (Lipinski definition) is 0. The minimum absolute atomic E-state index is 0.0409. The lowest BCUT2D eigenvalue weighted by Crippen LogP contribution is -2.31. The van der Waals surface area contributed by atoms with Gasteiger partial charge in [0.25, 0.3) is 0 Å². The summed E-state index contributed by atoms with van der Waals surface area (Å²) in [5.41, 5.74) is 0.0409. The van der Waals surface area contributed by atoms with Gasteiger partial charge < -0.3 is 0 Å². The molecular weight excluding hydrogens is 326 g/mol. The van der Waals surface area contributed by atoms with E-state index in [4.69, 9.17) is 0 Å². The first-order valence-corrected chi connectivity index (χ1v) is 12.6. The van der Waals surface area contributed by atoms with Crippen LogP contribution >= 0.6 is 0 Å². The summed E-state index contributed by atoms with van der Waals surface area (Å²) >= 11 is 0. The third kappa shape index (κ3) is 7.79. The quantitative estimate of drug-likeness (QED) is 0.313. The van der Waals surface area contributed by atoms with Crippen LogP contribution in [0.15, 0.2) is 0 Å². The lowest BCUT2D eigenvalue weighted by Gasteiger charge is -2.41. The fourth-order valence-corrected chi connectivity index (χ4v) is 5.96. The largest absolute Gasteiger partial charge is 0.198 e. The number of nitriles is 1. The zero-order valence-corrected chi connectivity index (χ0v) is 18.6. The second-order valence-corrected chi connectivity index (χ2v) is 10.0. The molecule has 0 bridgehead atoms. The van der Waals surface area contributed by atoms with E-state index in [2.05, 4.69) is 19.9 Å². The molecule has 2 aliphatic carbocycles. The van der Waals surface area contributed by atoms with Crippen LogP contribution in [-0.4, -0.2) is 0 Å². The van der Waals surface area contributed by atoms with Crippen molar-refractivity contribution in [2.24, 2.45) is 23.2 Å². The van der Waals surface area contributed by atoms with Crippen LogP contribution in [0.4, 0.5) is 0 Å². The Morgan fingerprint density at radius 2 is 1.26 bits per heavy atom. The van der Waals surface area contributed by atoms with Crippen molar-refractivity contribution in [3.05, 3.63) is 0 Å². The Morgan fingerprint density at radius 3 is 1.85 bits per heavy atom. The van der Waals surface area contributed by atoms with Gasteiger partial charge in [-0.1, -0.05) is 90.9 Å². The molecule has 2 rings (SSSR count). The molecule has 0 aromatic rings. The molecule has 2 aliphatic rings. The molecule has 0 radical (unpaired) electrons. The maximum atomic E-state index is 9.85. The van der Waals surface area contributed by atoms with Crippen molar-refractivity contribution in [3.63, 3.8) is 0 Å². The highest BCUT2D eigenvalue weighted by Gasteiger charge is 2.38. The van der Waals surface area contributed by atoms with Gasteiger partial charge in [-0.3, -0.25) is 0 Å². The predicted molar refractivity (Wildman–Crippen MR) is 118 cm³/mol. The first-order chi connectivity index (χ1) is 13.2. The summed E-state index contributed by atoms with van der Waals surface area (Å²) < 4.78 is 0. The van der Waals surface area contributed by atoms with Crippen molar-refractivity contribution < 1.29 is 0 Å². The highest BCUT2D eigenvalue weighted by atomic mass is 14.4. The van der Waals surface area contributed by atoms with Gasteiger partial charge in [0, 0.05) is 0 Å². The molecule has 0 aromatic heterocycles. The Balaban J connectivity index is 1.64. The summed E-state index contributed by atoms with van der Waals surface area (Å²) in [6, 6.07) is 2.77. The smallest absolute Gasteiger partial charge is 0.0689 e. The van der Waals surface area contributed by atoms with E-state index < -0.39 is 0 Å². The van der Waals surface area contributed by atoms with Crippen LogP contribution in [0, 0.1) is 34.5 Å². The van der Waals surface area contributed by atoms with E-state index in [1.807, 2.05) is 0 Å². The summed E-state index contributed by atoms with van der Waals surface area (Å²) in [6.45, 7) is 4.58. The summed E-state index contributed by atoms with van der Waals surface area (Å²) in [7, 11) is 0. The average Bonchev–Trinajstić information content (AvgIpc) is 2.72. The van der Waals surface area contributed by atoms with Gasteiger partial charge in [-0.25, -0.2) is 0 Å². The normalized spacial score (nSPS) is 31.5. The third-order valence-corrected chi connectivity index (χ3v) is 8.01. The lowest BCUT2D eigenvalue weighted by atomic mass is 9.63. The molecule has 0 atom stereocenters. The Morgan fingerprint density at radius 1 is 0.704 bits per heavy atom. The minimum atomic E-state index is 0.0409. The molecule has 1 heteroatoms. The van der Waals surface area contributed by atoms with E-state index in [9.17, 15) is 5.26 Å². The molecule has 0 spiro atoms. The summed E-state index contributed by atoms with van der Waals surface area (Å²) in [6.07, 6.45) is 26.1. The lowest BCUT2D eigenvalue weighted by molar-refractivity contribution is 0.114. The first kappa shape index (κ1) is 22.8. The minimum Gasteiger partial charge on any atom is -0.198 e. The first-order valence-electron chi connectivity index (χ1n) is 12.6. The van der Waals surface area contributed by atoms with E-state index >= 15 is 0 Å². The Hall–Kier alpha value is -0.510. The molecule has 1 nitrogen and oxygen atoms in total. The van der Waals surface area contributed by atoms with Crippen molar-refractivity contribution in [2.75, 3.05) is 0 Å². The molecule has 0 saturated heterocycles. The summed E-state index contributed by atoms with van der Waals surface area (Å²) in [5, 5.41) is 9.85. The second-order valence-electron chi connectivity index (χ2n) is 10.0. The van der Waals surface area contributed by atoms with Crippen LogP contribution in [0.3, 0.4) is 0 Å². The molecular formula is C26H47N. The van der Waals surface area contributed by atoms with Crippen LogP contribution in [0.2, 0.25) is 0 Å². The molecule has 156 valence electrons. The van der Waals surface area contributed by atoms with Crippen molar-refractivity contribution in [1.82, 2.24) is 0 Å². The van der Waals surface area contributed by atoms with Gasteiger partial charge in [-0.2, -0.15) is 5.26 Å². The molecule has 2 fully saturated rings. The topological polar surface area (TPSA) is 23.8 Å². The van der Waals surface area contributed by atoms with Gasteiger partial charge in [-0.15, -0.1) is 0 Å². The van der Waals surface area contributed by atoms with Gasteiger partial charge in [0.15, 0.2) is 0 Å². The monoisotopic (exact) mass is 373 g/mol. The SMILES string of the molecule is CCCCCCCC1(C#N)CCC(C2CCC(CCCCCC)CC2)CC1. The zero-order chi connectivity index (χ0) is 19.4. The highest BCUT2D eigenvalue weighted by Crippen LogP contribution is 2.47. The molecule has 2 saturated carbocycles. The van der Waals surface area contributed by atoms with E-state index in [0.717, 1.165) is 17.8 Å². The standard InChI is InChI=1S/C26H47N/c1-3-5-7-9-11-19-26(22-27)20-17-25(18-21-26)24-15-13-23(14-16-24)12-10-8-6-4-2/h23-25H,3-21H2,1-2H3. The van der Waals surface area contributed by atoms with Gasteiger partial charge in [0.2, 0.25) is 0 Å². The fourth-order valence-electron chi connectivity index (χ4n) is 5.96. The van der Waals surface area contributed by atoms with Crippen LogP contribution < -0.4 is 0 Å². The fraction of sp³-hybridized carbons (Fsp3) is 0.962. The number of rotatable bonds is 12. The number of unbranched alkanes of at least 4 members (excludes halogenated alkanes) is 7. The van der Waals surface area contributed by atoms with Gasteiger partial charge in [-0.05, 0) is 62.7 Å². The van der Waals surface area contributed by atoms with E-state index in [1.54, 1.807) is 0 Å². The Labute approximate surface area is 170 Å². The van der Waals surface area contributed by atoms with E-state index in [1.165, 1.54) is 122 Å². The average molecular weight is 374 g/mol. The molecule has 0 unspecified atom stereocenters. The molecule has 27 heavy (non-hydrogen) atoms. The zero-order valence-electron chi connectivity index (χ0n) is 18.6. The van der Waals surface area contributed by atoms with Crippen LogP contribution in [-0.2, 0) is 0 Å².